The maximum Gasteiger partial charge on any atom is 0.265 e. The smallest absolute Gasteiger partial charge is 0.265 e. The molecule has 124 valence electrons. The van der Waals surface area contributed by atoms with Crippen molar-refractivity contribution in [3.8, 4) is 6.07 Å². The molecule has 0 radical (unpaired) electrons. The maximum absolute atomic E-state index is 11.9. The van der Waals surface area contributed by atoms with E-state index in [0.29, 0.717) is 5.71 Å². The number of amides is 1. The number of nitrogens with one attached hydrogen (secondary N) is 1. The van der Waals surface area contributed by atoms with Gasteiger partial charge in [0.15, 0.2) is 6.61 Å². The molecule has 6 heteroatoms. The number of oxime groups is 1. The second-order valence-electron chi connectivity index (χ2n) is 6.09. The van der Waals surface area contributed by atoms with Crippen molar-refractivity contribution in [3.63, 3.8) is 0 Å². The number of nitriles is 1. The van der Waals surface area contributed by atoms with Gasteiger partial charge in [0, 0.05) is 15.5 Å². The SMILES string of the molecule is Cc1cc(C)cc(NC(=O)CON=C(CC#N)C(C)(C)CI)c1. The van der Waals surface area contributed by atoms with Gasteiger partial charge >= 0.3 is 0 Å². The zero-order valence-corrected chi connectivity index (χ0v) is 16.1. The molecule has 0 aromatic heterocycles. The number of aryl methyl sites for hydroxylation is 2. The summed E-state index contributed by atoms with van der Waals surface area (Å²) in [4.78, 5) is 17.1. The molecule has 1 amide bonds. The first-order valence-electron chi connectivity index (χ1n) is 7.29. The van der Waals surface area contributed by atoms with Gasteiger partial charge in [-0.2, -0.15) is 5.26 Å². The van der Waals surface area contributed by atoms with Crippen LogP contribution < -0.4 is 5.32 Å². The topological polar surface area (TPSA) is 74.5 Å². The standard InChI is InChI=1S/C17H22IN3O2/c1-12-7-13(2)9-14(8-12)20-16(22)10-23-21-15(5-6-19)17(3,4)11-18/h7-9H,5,10-11H2,1-4H3,(H,20,22). The van der Waals surface area contributed by atoms with Gasteiger partial charge in [-0.15, -0.1) is 0 Å². The Kier molecular flexibility index (Phi) is 7.49. The van der Waals surface area contributed by atoms with E-state index in [1.165, 1.54) is 0 Å². The van der Waals surface area contributed by atoms with E-state index in [1.54, 1.807) is 0 Å². The van der Waals surface area contributed by atoms with Crippen LogP contribution in [-0.2, 0) is 9.63 Å². The monoisotopic (exact) mass is 427 g/mol. The summed E-state index contributed by atoms with van der Waals surface area (Å²) in [6.07, 6.45) is 0.189. The van der Waals surface area contributed by atoms with Crippen LogP contribution in [0.4, 0.5) is 5.69 Å². The van der Waals surface area contributed by atoms with Crippen molar-refractivity contribution in [1.82, 2.24) is 0 Å². The molecule has 1 aromatic carbocycles. The average molecular weight is 427 g/mol. The highest BCUT2D eigenvalue weighted by atomic mass is 127. The van der Waals surface area contributed by atoms with E-state index in [9.17, 15) is 4.79 Å². The van der Waals surface area contributed by atoms with Crippen molar-refractivity contribution < 1.29 is 9.63 Å². The molecule has 1 aromatic rings. The molecule has 0 bridgehead atoms. The van der Waals surface area contributed by atoms with Gasteiger partial charge in [0.1, 0.15) is 0 Å². The Hall–Kier alpha value is -1.62. The number of alkyl halides is 1. The van der Waals surface area contributed by atoms with Gasteiger partial charge in [-0.3, -0.25) is 4.79 Å². The average Bonchev–Trinajstić information content (AvgIpc) is 2.45. The summed E-state index contributed by atoms with van der Waals surface area (Å²) < 4.78 is 0.809. The first kappa shape index (κ1) is 19.4. The van der Waals surface area contributed by atoms with Crippen LogP contribution in [0, 0.1) is 30.6 Å². The van der Waals surface area contributed by atoms with Crippen molar-refractivity contribution in [3.05, 3.63) is 29.3 Å². The van der Waals surface area contributed by atoms with E-state index in [4.69, 9.17) is 10.1 Å². The summed E-state index contributed by atoms with van der Waals surface area (Å²) in [6.45, 7) is 7.76. The first-order chi connectivity index (χ1) is 10.8. The van der Waals surface area contributed by atoms with Crippen LogP contribution >= 0.6 is 22.6 Å². The Morgan fingerprint density at radius 1 is 1.35 bits per heavy atom. The molecule has 23 heavy (non-hydrogen) atoms. The number of carbonyl (C=O) groups is 1. The van der Waals surface area contributed by atoms with Crippen LogP contribution in [0.3, 0.4) is 0 Å². The third-order valence-corrected chi connectivity index (χ3v) is 5.14. The Morgan fingerprint density at radius 2 is 1.96 bits per heavy atom. The van der Waals surface area contributed by atoms with Gasteiger partial charge in [-0.25, -0.2) is 0 Å². The molecular formula is C17H22IN3O2. The van der Waals surface area contributed by atoms with E-state index in [2.05, 4.69) is 39.1 Å². The number of halogens is 1. The maximum atomic E-state index is 11.9. The minimum atomic E-state index is -0.276. The molecule has 5 nitrogen and oxygen atoms in total. The predicted octanol–water partition coefficient (Wildman–Crippen LogP) is 3.99. The number of hydrogen-bond donors (Lipinski definition) is 1. The summed E-state index contributed by atoms with van der Waals surface area (Å²) in [5.41, 5.74) is 3.32. The minimum Gasteiger partial charge on any atom is -0.386 e. The molecule has 0 saturated heterocycles. The van der Waals surface area contributed by atoms with Gasteiger partial charge in [-0.05, 0) is 37.1 Å². The van der Waals surface area contributed by atoms with Crippen molar-refractivity contribution in [1.29, 1.82) is 5.26 Å². The summed E-state index contributed by atoms with van der Waals surface area (Å²) in [5, 5.41) is 15.7. The Morgan fingerprint density at radius 3 is 2.48 bits per heavy atom. The van der Waals surface area contributed by atoms with E-state index in [-0.39, 0.29) is 24.3 Å². The van der Waals surface area contributed by atoms with Gasteiger partial charge < -0.3 is 10.2 Å². The van der Waals surface area contributed by atoms with Gasteiger partial charge in [0.2, 0.25) is 0 Å². The highest BCUT2D eigenvalue weighted by Crippen LogP contribution is 2.23. The fourth-order valence-electron chi connectivity index (χ4n) is 1.96. The molecule has 0 aliphatic carbocycles. The zero-order valence-electron chi connectivity index (χ0n) is 13.9. The van der Waals surface area contributed by atoms with Gasteiger partial charge in [-0.1, -0.05) is 47.7 Å². The lowest BCUT2D eigenvalue weighted by Gasteiger charge is -2.21. The Labute approximate surface area is 151 Å². The van der Waals surface area contributed by atoms with E-state index in [0.717, 1.165) is 21.2 Å². The lowest BCUT2D eigenvalue weighted by atomic mass is 9.88. The normalized spacial score (nSPS) is 11.7. The second kappa shape index (κ2) is 8.87. The molecule has 0 fully saturated rings. The van der Waals surface area contributed by atoms with Crippen molar-refractivity contribution >= 4 is 39.9 Å². The van der Waals surface area contributed by atoms with Crippen LogP contribution in [0.5, 0.6) is 0 Å². The molecule has 0 aliphatic rings. The second-order valence-corrected chi connectivity index (χ2v) is 6.85. The molecule has 0 saturated carbocycles. The van der Waals surface area contributed by atoms with Crippen LogP contribution in [0.1, 0.15) is 31.4 Å². The summed E-state index contributed by atoms with van der Waals surface area (Å²) >= 11 is 2.25. The summed E-state index contributed by atoms with van der Waals surface area (Å²) in [5.74, 6) is -0.276. The van der Waals surface area contributed by atoms with E-state index < -0.39 is 0 Å². The number of anilines is 1. The Balaban J connectivity index is 2.64. The number of hydrogen-bond acceptors (Lipinski definition) is 4. The lowest BCUT2D eigenvalue weighted by Crippen LogP contribution is -2.26. The fourth-order valence-corrected chi connectivity index (χ4v) is 2.40. The predicted molar refractivity (Wildman–Crippen MR) is 101 cm³/mol. The Bertz CT molecular complexity index is 613. The molecule has 1 N–H and O–H groups in total. The third-order valence-electron chi connectivity index (χ3n) is 3.24. The fraction of sp³-hybridized carbons (Fsp3) is 0.471. The first-order valence-corrected chi connectivity index (χ1v) is 8.81. The number of benzene rings is 1. The quantitative estimate of drug-likeness (QED) is 0.310. The number of rotatable bonds is 7. The highest BCUT2D eigenvalue weighted by Gasteiger charge is 2.24. The molecule has 0 heterocycles. The van der Waals surface area contributed by atoms with Crippen molar-refractivity contribution in [2.45, 2.75) is 34.1 Å². The molecule has 1 rings (SSSR count). The summed E-state index contributed by atoms with van der Waals surface area (Å²) in [7, 11) is 0. The third kappa shape index (κ3) is 6.57. The number of nitrogens with zero attached hydrogens (tertiary/aromatic N) is 2. The van der Waals surface area contributed by atoms with Crippen LogP contribution in [0.25, 0.3) is 0 Å². The van der Waals surface area contributed by atoms with E-state index >= 15 is 0 Å². The van der Waals surface area contributed by atoms with E-state index in [1.807, 2.05) is 45.9 Å². The van der Waals surface area contributed by atoms with Gasteiger partial charge in [0.05, 0.1) is 18.2 Å². The minimum absolute atomic E-state index is 0.181. The lowest BCUT2D eigenvalue weighted by molar-refractivity contribution is -0.120. The largest absolute Gasteiger partial charge is 0.386 e. The van der Waals surface area contributed by atoms with Crippen molar-refractivity contribution in [2.24, 2.45) is 10.6 Å². The van der Waals surface area contributed by atoms with Crippen molar-refractivity contribution in [2.75, 3.05) is 16.4 Å². The number of carbonyl (C=O) groups excluding carboxylic acids is 1. The zero-order chi connectivity index (χ0) is 17.5. The highest BCUT2D eigenvalue weighted by molar-refractivity contribution is 14.1. The molecule has 0 aliphatic heterocycles. The molecule has 0 atom stereocenters. The van der Waals surface area contributed by atoms with Gasteiger partial charge in [0.25, 0.3) is 5.91 Å². The molecular weight excluding hydrogens is 405 g/mol. The molecule has 0 spiro atoms. The van der Waals surface area contributed by atoms with Crippen LogP contribution in [-0.4, -0.2) is 22.7 Å². The van der Waals surface area contributed by atoms with Crippen LogP contribution in [0.15, 0.2) is 23.4 Å². The summed E-state index contributed by atoms with van der Waals surface area (Å²) in [6, 6.07) is 7.92. The molecule has 0 unspecified atom stereocenters. The van der Waals surface area contributed by atoms with Crippen LogP contribution in [0.2, 0.25) is 0 Å².